The maximum absolute atomic E-state index is 6.12. The van der Waals surface area contributed by atoms with E-state index >= 15 is 0 Å². The second kappa shape index (κ2) is 6.65. The quantitative estimate of drug-likeness (QED) is 0.507. The molecular formula is C15H24OSi. The van der Waals surface area contributed by atoms with Gasteiger partial charge in [0.15, 0.2) is 0 Å². The van der Waals surface area contributed by atoms with Gasteiger partial charge in [0.05, 0.1) is 5.38 Å². The second-order valence-corrected chi connectivity index (χ2v) is 9.58. The average molecular weight is 248 g/mol. The summed E-state index contributed by atoms with van der Waals surface area (Å²) < 4.78 is 6.12. The fraction of sp³-hybridized carbons (Fsp3) is 0.467. The molecule has 0 spiro atoms. The number of rotatable bonds is 6. The van der Waals surface area contributed by atoms with E-state index in [9.17, 15) is 0 Å². The molecule has 0 bridgehead atoms. The number of hydrogen-bond donors (Lipinski definition) is 0. The van der Waals surface area contributed by atoms with Gasteiger partial charge in [0.1, 0.15) is 13.8 Å². The molecule has 0 unspecified atom stereocenters. The van der Waals surface area contributed by atoms with Gasteiger partial charge < -0.3 is 4.74 Å². The number of benzene rings is 1. The number of ether oxygens (including phenoxy) is 1. The maximum Gasteiger partial charge on any atom is 0.131 e. The van der Waals surface area contributed by atoms with Crippen LogP contribution in [0.3, 0.4) is 0 Å². The van der Waals surface area contributed by atoms with Crippen LogP contribution in [0.25, 0.3) is 0 Å². The molecular weight excluding hydrogens is 224 g/mol. The van der Waals surface area contributed by atoms with Crippen LogP contribution in [0.15, 0.2) is 41.8 Å². The summed E-state index contributed by atoms with van der Waals surface area (Å²) in [6, 6.07) is 13.9. The van der Waals surface area contributed by atoms with Crippen LogP contribution in [-0.2, 0) is 0 Å². The zero-order valence-corrected chi connectivity index (χ0v) is 12.5. The molecule has 1 rings (SSSR count). The van der Waals surface area contributed by atoms with Crippen molar-refractivity contribution in [2.75, 3.05) is 0 Å². The Hall–Kier alpha value is -1.02. The molecule has 0 amide bonds. The van der Waals surface area contributed by atoms with E-state index in [2.05, 4.69) is 33.8 Å². The van der Waals surface area contributed by atoms with Gasteiger partial charge in [-0.2, -0.15) is 0 Å². The third-order valence-electron chi connectivity index (χ3n) is 3.79. The minimum absolute atomic E-state index is 0.966. The predicted octanol–water partition coefficient (Wildman–Crippen LogP) is 5.02. The lowest BCUT2D eigenvalue weighted by molar-refractivity contribution is 0.451. The van der Waals surface area contributed by atoms with E-state index in [1.54, 1.807) is 0 Å². The van der Waals surface area contributed by atoms with E-state index in [0.717, 1.165) is 5.75 Å². The molecule has 0 atom stereocenters. The number of allylic oxidation sites excluding steroid dienone is 1. The maximum atomic E-state index is 6.12. The van der Waals surface area contributed by atoms with Crippen molar-refractivity contribution in [3.05, 3.63) is 41.8 Å². The third kappa shape index (κ3) is 3.22. The first-order valence-electron chi connectivity index (χ1n) is 6.62. The summed E-state index contributed by atoms with van der Waals surface area (Å²) in [7, 11) is -1.39. The molecule has 0 radical (unpaired) electrons. The van der Waals surface area contributed by atoms with Crippen molar-refractivity contribution in [2.45, 2.75) is 45.8 Å². The standard InChI is InChI=1S/C15H24OSi/c1-5-15(17(6-2,7-3)8-4)16-14-12-10-9-11-13-14/h5,9-13H,6-8H2,1-4H3. The predicted molar refractivity (Wildman–Crippen MR) is 78.0 cm³/mol. The highest BCUT2D eigenvalue weighted by atomic mass is 28.3. The van der Waals surface area contributed by atoms with Crippen LogP contribution in [0.5, 0.6) is 5.75 Å². The molecule has 0 aliphatic rings. The lowest BCUT2D eigenvalue weighted by Gasteiger charge is -2.30. The number of hydrogen-bond acceptors (Lipinski definition) is 1. The summed E-state index contributed by atoms with van der Waals surface area (Å²) in [5.74, 6) is 0.966. The van der Waals surface area contributed by atoms with Gasteiger partial charge in [0.2, 0.25) is 0 Å². The molecule has 1 aromatic carbocycles. The smallest absolute Gasteiger partial charge is 0.131 e. The molecule has 0 aliphatic carbocycles. The van der Waals surface area contributed by atoms with Crippen molar-refractivity contribution in [3.8, 4) is 5.75 Å². The van der Waals surface area contributed by atoms with E-state index in [1.165, 1.54) is 23.5 Å². The Morgan fingerprint density at radius 2 is 1.59 bits per heavy atom. The largest absolute Gasteiger partial charge is 0.467 e. The van der Waals surface area contributed by atoms with Crippen LogP contribution in [-0.4, -0.2) is 8.07 Å². The van der Waals surface area contributed by atoms with Gasteiger partial charge in [-0.3, -0.25) is 0 Å². The molecule has 1 nitrogen and oxygen atoms in total. The van der Waals surface area contributed by atoms with Crippen molar-refractivity contribution in [3.63, 3.8) is 0 Å². The molecule has 0 saturated carbocycles. The highest BCUT2D eigenvalue weighted by molar-refractivity contribution is 6.85. The van der Waals surface area contributed by atoms with Gasteiger partial charge in [-0.1, -0.05) is 63.2 Å². The minimum atomic E-state index is -1.39. The molecule has 0 saturated heterocycles. The van der Waals surface area contributed by atoms with Gasteiger partial charge in [-0.05, 0) is 19.1 Å². The van der Waals surface area contributed by atoms with Crippen LogP contribution in [0.1, 0.15) is 27.7 Å². The molecule has 0 aliphatic heterocycles. The molecule has 1 aromatic rings. The summed E-state index contributed by atoms with van der Waals surface area (Å²) in [5, 5.41) is 1.25. The third-order valence-corrected chi connectivity index (χ3v) is 9.28. The molecule has 94 valence electrons. The molecule has 0 aromatic heterocycles. The Bertz CT molecular complexity index is 344. The Labute approximate surface area is 107 Å². The molecule has 0 heterocycles. The summed E-state index contributed by atoms with van der Waals surface area (Å²) in [6.45, 7) is 9.01. The lowest BCUT2D eigenvalue weighted by atomic mass is 10.3. The summed E-state index contributed by atoms with van der Waals surface area (Å²) >= 11 is 0. The Morgan fingerprint density at radius 1 is 1.06 bits per heavy atom. The molecule has 17 heavy (non-hydrogen) atoms. The van der Waals surface area contributed by atoms with Crippen molar-refractivity contribution in [2.24, 2.45) is 0 Å². The summed E-state index contributed by atoms with van der Waals surface area (Å²) in [6.07, 6.45) is 2.18. The topological polar surface area (TPSA) is 9.23 Å². The van der Waals surface area contributed by atoms with E-state index in [-0.39, 0.29) is 0 Å². The van der Waals surface area contributed by atoms with Crippen LogP contribution >= 0.6 is 0 Å². The van der Waals surface area contributed by atoms with Crippen LogP contribution in [0.2, 0.25) is 18.1 Å². The van der Waals surface area contributed by atoms with Crippen LogP contribution < -0.4 is 4.74 Å². The van der Waals surface area contributed by atoms with Gasteiger partial charge in [0, 0.05) is 0 Å². The van der Waals surface area contributed by atoms with Crippen LogP contribution in [0, 0.1) is 0 Å². The highest BCUT2D eigenvalue weighted by Crippen LogP contribution is 2.30. The van der Waals surface area contributed by atoms with Crippen molar-refractivity contribution < 1.29 is 4.74 Å². The van der Waals surface area contributed by atoms with Gasteiger partial charge in [-0.25, -0.2) is 0 Å². The average Bonchev–Trinajstić information content (AvgIpc) is 2.41. The molecule has 2 heteroatoms. The molecule has 0 N–H and O–H groups in total. The summed E-state index contributed by atoms with van der Waals surface area (Å²) in [4.78, 5) is 0. The second-order valence-electron chi connectivity index (χ2n) is 4.41. The van der Waals surface area contributed by atoms with Crippen molar-refractivity contribution in [1.82, 2.24) is 0 Å². The van der Waals surface area contributed by atoms with Gasteiger partial charge in [-0.15, -0.1) is 0 Å². The zero-order chi connectivity index (χ0) is 12.7. The fourth-order valence-corrected chi connectivity index (χ4v) is 5.85. The normalized spacial score (nSPS) is 12.6. The van der Waals surface area contributed by atoms with Crippen LogP contribution in [0.4, 0.5) is 0 Å². The minimum Gasteiger partial charge on any atom is -0.467 e. The molecule has 0 fully saturated rings. The lowest BCUT2D eigenvalue weighted by Crippen LogP contribution is -2.37. The Kier molecular flexibility index (Phi) is 5.49. The first-order chi connectivity index (χ1) is 8.22. The number of para-hydroxylation sites is 1. The zero-order valence-electron chi connectivity index (χ0n) is 11.5. The van der Waals surface area contributed by atoms with E-state index in [4.69, 9.17) is 4.74 Å². The van der Waals surface area contributed by atoms with E-state index < -0.39 is 8.07 Å². The SMILES string of the molecule is CC=C(Oc1ccccc1)[Si](CC)(CC)CC. The monoisotopic (exact) mass is 248 g/mol. The van der Waals surface area contributed by atoms with Gasteiger partial charge >= 0.3 is 0 Å². The highest BCUT2D eigenvalue weighted by Gasteiger charge is 2.33. The van der Waals surface area contributed by atoms with Gasteiger partial charge in [0.25, 0.3) is 0 Å². The fourth-order valence-electron chi connectivity index (χ4n) is 2.36. The summed E-state index contributed by atoms with van der Waals surface area (Å²) in [5.41, 5.74) is 0. The van der Waals surface area contributed by atoms with E-state index in [0.29, 0.717) is 0 Å². The van der Waals surface area contributed by atoms with E-state index in [1.807, 2.05) is 30.3 Å². The Morgan fingerprint density at radius 3 is 2.00 bits per heavy atom. The first kappa shape index (κ1) is 14.0. The van der Waals surface area contributed by atoms with Crippen molar-refractivity contribution in [1.29, 1.82) is 0 Å². The van der Waals surface area contributed by atoms with Crippen molar-refractivity contribution >= 4 is 8.07 Å². The first-order valence-corrected chi connectivity index (χ1v) is 9.24. The Balaban J connectivity index is 2.92.